The maximum absolute atomic E-state index is 12.8. The molecule has 0 saturated heterocycles. The number of primary amides is 1. The first-order valence-electron chi connectivity index (χ1n) is 7.69. The first kappa shape index (κ1) is 18.9. The van der Waals surface area contributed by atoms with E-state index < -0.39 is 17.2 Å². The fraction of sp³-hybridized carbons (Fsp3) is 0.375. The molecule has 0 spiro atoms. The van der Waals surface area contributed by atoms with E-state index in [1.54, 1.807) is 38.3 Å². The van der Waals surface area contributed by atoms with Crippen molar-refractivity contribution in [2.24, 2.45) is 5.73 Å². The smallest absolute Gasteiger partial charge is 0.318 e. The molecule has 2 aromatic rings. The van der Waals surface area contributed by atoms with Gasteiger partial charge in [0, 0.05) is 20.3 Å². The maximum atomic E-state index is 12.8. The zero-order valence-corrected chi connectivity index (χ0v) is 14.8. The lowest BCUT2D eigenvalue weighted by Crippen LogP contribution is -2.39. The van der Waals surface area contributed by atoms with Gasteiger partial charge in [-0.15, -0.1) is 0 Å². The number of fused-ring (bicyclic) bond motifs is 1. The van der Waals surface area contributed by atoms with Gasteiger partial charge in [0.25, 0.3) is 5.56 Å². The predicted octanol–water partition coefficient (Wildman–Crippen LogP) is 1.11. The highest BCUT2D eigenvalue weighted by molar-refractivity contribution is 8.00. The minimum atomic E-state index is -0.915. The van der Waals surface area contributed by atoms with Crippen molar-refractivity contribution >= 4 is 34.6 Å². The monoisotopic (exact) mass is 364 g/mol. The number of benzene rings is 1. The Hall–Kier alpha value is -2.39. The van der Waals surface area contributed by atoms with Gasteiger partial charge in [-0.05, 0) is 25.5 Å². The SMILES string of the molecule is COCCCn1c(SC(C)C(=O)NC(N)=O)nc2ccccc2c1=O. The van der Waals surface area contributed by atoms with Crippen molar-refractivity contribution in [3.8, 4) is 0 Å². The molecule has 9 heteroatoms. The second-order valence-electron chi connectivity index (χ2n) is 5.33. The molecule has 0 saturated carbocycles. The van der Waals surface area contributed by atoms with Crippen LogP contribution in [0, 0.1) is 0 Å². The number of rotatable bonds is 7. The number of hydrogen-bond donors (Lipinski definition) is 2. The minimum absolute atomic E-state index is 0.174. The minimum Gasteiger partial charge on any atom is -0.385 e. The average Bonchev–Trinajstić information content (AvgIpc) is 2.57. The van der Waals surface area contributed by atoms with E-state index in [0.29, 0.717) is 35.6 Å². The quantitative estimate of drug-likeness (QED) is 0.432. The van der Waals surface area contributed by atoms with Gasteiger partial charge in [0.1, 0.15) is 0 Å². The van der Waals surface area contributed by atoms with Crippen molar-refractivity contribution in [3.63, 3.8) is 0 Å². The van der Waals surface area contributed by atoms with Crippen molar-refractivity contribution in [3.05, 3.63) is 34.6 Å². The number of carbonyl (C=O) groups excluding carboxylic acids is 2. The molecule has 134 valence electrons. The van der Waals surface area contributed by atoms with Crippen LogP contribution in [-0.4, -0.2) is 40.5 Å². The number of nitrogens with two attached hydrogens (primary N) is 1. The molecule has 0 aliphatic heterocycles. The van der Waals surface area contributed by atoms with Crippen LogP contribution in [0.3, 0.4) is 0 Å². The highest BCUT2D eigenvalue weighted by Crippen LogP contribution is 2.22. The van der Waals surface area contributed by atoms with Crippen LogP contribution >= 0.6 is 11.8 Å². The Bertz CT molecular complexity index is 836. The van der Waals surface area contributed by atoms with Crippen molar-refractivity contribution in [2.75, 3.05) is 13.7 Å². The zero-order chi connectivity index (χ0) is 18.4. The molecule has 0 aliphatic carbocycles. The van der Waals surface area contributed by atoms with Gasteiger partial charge in [0.2, 0.25) is 5.91 Å². The van der Waals surface area contributed by atoms with E-state index in [-0.39, 0.29) is 5.56 Å². The molecular formula is C16H20N4O4S. The lowest BCUT2D eigenvalue weighted by atomic mass is 10.2. The summed E-state index contributed by atoms with van der Waals surface area (Å²) < 4.78 is 6.56. The summed E-state index contributed by atoms with van der Waals surface area (Å²) in [5, 5.41) is 2.31. The van der Waals surface area contributed by atoms with Crippen LogP contribution < -0.4 is 16.6 Å². The van der Waals surface area contributed by atoms with E-state index in [0.717, 1.165) is 11.8 Å². The Kier molecular flexibility index (Phi) is 6.54. The molecule has 1 atom stereocenters. The van der Waals surface area contributed by atoms with Crippen LogP contribution in [0.2, 0.25) is 0 Å². The lowest BCUT2D eigenvalue weighted by molar-refractivity contribution is -0.119. The molecule has 0 radical (unpaired) electrons. The van der Waals surface area contributed by atoms with Crippen molar-refractivity contribution < 1.29 is 14.3 Å². The van der Waals surface area contributed by atoms with Crippen molar-refractivity contribution in [1.29, 1.82) is 0 Å². The Balaban J connectivity index is 2.38. The molecule has 25 heavy (non-hydrogen) atoms. The van der Waals surface area contributed by atoms with Crippen LogP contribution in [0.4, 0.5) is 4.79 Å². The Morgan fingerprint density at radius 2 is 2.12 bits per heavy atom. The van der Waals surface area contributed by atoms with Crippen molar-refractivity contribution in [1.82, 2.24) is 14.9 Å². The summed E-state index contributed by atoms with van der Waals surface area (Å²) in [5.41, 5.74) is 5.35. The number of ether oxygens (including phenoxy) is 1. The van der Waals surface area contributed by atoms with E-state index in [1.807, 2.05) is 5.32 Å². The number of nitrogens with one attached hydrogen (secondary N) is 1. The molecular weight excluding hydrogens is 344 g/mol. The van der Waals surface area contributed by atoms with Gasteiger partial charge in [-0.3, -0.25) is 19.5 Å². The number of para-hydroxylation sites is 1. The fourth-order valence-electron chi connectivity index (χ4n) is 2.24. The van der Waals surface area contributed by atoms with Crippen LogP contribution in [-0.2, 0) is 16.1 Å². The maximum Gasteiger partial charge on any atom is 0.318 e. The highest BCUT2D eigenvalue weighted by atomic mass is 32.2. The van der Waals surface area contributed by atoms with Gasteiger partial charge in [-0.1, -0.05) is 23.9 Å². The number of urea groups is 1. The summed E-state index contributed by atoms with van der Waals surface area (Å²) in [7, 11) is 1.59. The first-order chi connectivity index (χ1) is 11.9. The largest absolute Gasteiger partial charge is 0.385 e. The van der Waals surface area contributed by atoms with Crippen LogP contribution in [0.15, 0.2) is 34.2 Å². The summed E-state index contributed by atoms with van der Waals surface area (Å²) >= 11 is 1.10. The first-order valence-corrected chi connectivity index (χ1v) is 8.57. The number of amides is 3. The molecule has 2 rings (SSSR count). The van der Waals surface area contributed by atoms with Crippen LogP contribution in [0.1, 0.15) is 13.3 Å². The summed E-state index contributed by atoms with van der Waals surface area (Å²) in [4.78, 5) is 40.0. The van der Waals surface area contributed by atoms with E-state index in [2.05, 4.69) is 4.98 Å². The normalized spacial score (nSPS) is 12.1. The fourth-order valence-corrected chi connectivity index (χ4v) is 3.17. The summed E-state index contributed by atoms with van der Waals surface area (Å²) in [5.74, 6) is -0.539. The average molecular weight is 364 g/mol. The number of thioether (sulfide) groups is 1. The molecule has 0 aliphatic rings. The third kappa shape index (κ3) is 4.80. The van der Waals surface area contributed by atoms with E-state index >= 15 is 0 Å². The van der Waals surface area contributed by atoms with Crippen molar-refractivity contribution in [2.45, 2.75) is 30.3 Å². The number of imide groups is 1. The number of hydrogen-bond acceptors (Lipinski definition) is 6. The number of aromatic nitrogens is 2. The van der Waals surface area contributed by atoms with Gasteiger partial charge in [-0.2, -0.15) is 0 Å². The summed E-state index contributed by atoms with van der Waals surface area (Å²) in [6.07, 6.45) is 0.631. The molecule has 0 bridgehead atoms. The van der Waals surface area contributed by atoms with Gasteiger partial charge in [-0.25, -0.2) is 9.78 Å². The topological polar surface area (TPSA) is 116 Å². The molecule has 3 amide bonds. The summed E-state index contributed by atoms with van der Waals surface area (Å²) in [6.45, 7) is 2.53. The number of methoxy groups -OCH3 is 1. The standard InChI is InChI=1S/C16H20N4O4S/c1-10(13(21)19-15(17)23)25-16-18-12-7-4-3-6-11(12)14(22)20(16)8-5-9-24-2/h3-4,6-7,10H,5,8-9H2,1-2H3,(H3,17,19,21,23). The molecule has 1 aromatic heterocycles. The Morgan fingerprint density at radius 3 is 2.80 bits per heavy atom. The van der Waals surface area contributed by atoms with Gasteiger partial charge in [0.05, 0.1) is 16.2 Å². The third-order valence-electron chi connectivity index (χ3n) is 3.45. The molecule has 8 nitrogen and oxygen atoms in total. The third-order valence-corrected chi connectivity index (χ3v) is 4.54. The molecule has 1 aromatic carbocycles. The van der Waals surface area contributed by atoms with Gasteiger partial charge >= 0.3 is 6.03 Å². The summed E-state index contributed by atoms with van der Waals surface area (Å²) in [6, 6.07) is 6.12. The Morgan fingerprint density at radius 1 is 1.40 bits per heavy atom. The molecule has 0 fully saturated rings. The van der Waals surface area contributed by atoms with E-state index in [4.69, 9.17) is 10.5 Å². The lowest BCUT2D eigenvalue weighted by Gasteiger charge is -2.15. The molecule has 1 unspecified atom stereocenters. The van der Waals surface area contributed by atoms with E-state index in [9.17, 15) is 14.4 Å². The number of carbonyl (C=O) groups is 2. The molecule has 1 heterocycles. The van der Waals surface area contributed by atoms with Gasteiger partial charge < -0.3 is 10.5 Å². The second kappa shape index (κ2) is 8.63. The van der Waals surface area contributed by atoms with Crippen LogP contribution in [0.5, 0.6) is 0 Å². The molecule has 3 N–H and O–H groups in total. The number of nitrogens with zero attached hydrogens (tertiary/aromatic N) is 2. The van der Waals surface area contributed by atoms with E-state index in [1.165, 1.54) is 4.57 Å². The zero-order valence-electron chi connectivity index (χ0n) is 14.0. The van der Waals surface area contributed by atoms with Crippen LogP contribution in [0.25, 0.3) is 10.9 Å². The predicted molar refractivity (Wildman–Crippen MR) is 95.5 cm³/mol. The second-order valence-corrected chi connectivity index (χ2v) is 6.64. The highest BCUT2D eigenvalue weighted by Gasteiger charge is 2.20. The van der Waals surface area contributed by atoms with Gasteiger partial charge in [0.15, 0.2) is 5.16 Å². The Labute approximate surface area is 148 Å².